The zero-order valence-electron chi connectivity index (χ0n) is 11.4. The normalized spacial score (nSPS) is 11.9. The van der Waals surface area contributed by atoms with Crippen LogP contribution in [0.3, 0.4) is 0 Å². The van der Waals surface area contributed by atoms with Gasteiger partial charge in [0, 0.05) is 0 Å². The van der Waals surface area contributed by atoms with E-state index in [0.29, 0.717) is 11.2 Å². The first-order chi connectivity index (χ1) is 10.4. The average molecular weight is 369 g/mol. The summed E-state index contributed by atoms with van der Waals surface area (Å²) in [7, 11) is 1.50. The second-order valence-electron chi connectivity index (χ2n) is 4.53. The Balaban J connectivity index is 2.29. The SMILES string of the molecule is CNc1nc(C(F)(F)F)nc2c1ncn2-c1cccc([AsH2])c1. The fourth-order valence-electron chi connectivity index (χ4n) is 2.06. The van der Waals surface area contributed by atoms with Crippen molar-refractivity contribution in [3.63, 3.8) is 0 Å². The Hall–Kier alpha value is -2.08. The minimum absolute atomic E-state index is 0.0490. The van der Waals surface area contributed by atoms with Gasteiger partial charge in [-0.05, 0) is 0 Å². The molecule has 0 amide bonds. The molecule has 0 saturated carbocycles. The van der Waals surface area contributed by atoms with Crippen molar-refractivity contribution in [3.05, 3.63) is 36.4 Å². The van der Waals surface area contributed by atoms with Crippen molar-refractivity contribution < 1.29 is 13.2 Å². The molecule has 9 heteroatoms. The van der Waals surface area contributed by atoms with E-state index in [0.717, 1.165) is 4.35 Å². The summed E-state index contributed by atoms with van der Waals surface area (Å²) in [6.45, 7) is 0. The summed E-state index contributed by atoms with van der Waals surface area (Å²) >= 11 is 1.42. The number of anilines is 1. The molecule has 1 aromatic carbocycles. The van der Waals surface area contributed by atoms with Crippen molar-refractivity contribution >= 4 is 38.2 Å². The van der Waals surface area contributed by atoms with Crippen molar-refractivity contribution in [1.82, 2.24) is 19.5 Å². The molecule has 0 bridgehead atoms. The molecule has 5 nitrogen and oxygen atoms in total. The molecule has 0 aliphatic rings. The zero-order chi connectivity index (χ0) is 15.9. The van der Waals surface area contributed by atoms with Crippen molar-refractivity contribution in [3.8, 4) is 5.69 Å². The van der Waals surface area contributed by atoms with Crippen LogP contribution >= 0.6 is 0 Å². The fraction of sp³-hybridized carbons (Fsp3) is 0.154. The quantitative estimate of drug-likeness (QED) is 0.689. The van der Waals surface area contributed by atoms with Gasteiger partial charge in [-0.3, -0.25) is 0 Å². The van der Waals surface area contributed by atoms with Gasteiger partial charge in [-0.15, -0.1) is 0 Å². The molecule has 3 rings (SSSR count). The maximum atomic E-state index is 13.0. The van der Waals surface area contributed by atoms with E-state index in [1.807, 2.05) is 18.2 Å². The third-order valence-corrected chi connectivity index (χ3v) is 3.79. The standard InChI is InChI=1S/C13H11AsF3N5/c1-18-10-9-11(21-12(20-10)13(15,16)17)22(6-19-9)8-4-2-3-7(14)5-8/h2-6H,14H2,1H3,(H,18,20,21). The Morgan fingerprint density at radius 2 is 2.00 bits per heavy atom. The van der Waals surface area contributed by atoms with Gasteiger partial charge >= 0.3 is 132 Å². The average Bonchev–Trinajstić information content (AvgIpc) is 2.89. The minimum atomic E-state index is -4.62. The molecule has 0 saturated heterocycles. The predicted molar refractivity (Wildman–Crippen MR) is 79.4 cm³/mol. The Kier molecular flexibility index (Phi) is 3.56. The molecule has 1 unspecified atom stereocenters. The van der Waals surface area contributed by atoms with Crippen LogP contribution in [0.2, 0.25) is 0 Å². The van der Waals surface area contributed by atoms with Crippen LogP contribution in [0, 0.1) is 0 Å². The van der Waals surface area contributed by atoms with E-state index in [9.17, 15) is 13.2 Å². The molecule has 22 heavy (non-hydrogen) atoms. The summed E-state index contributed by atoms with van der Waals surface area (Å²) in [6.07, 6.45) is -3.17. The van der Waals surface area contributed by atoms with E-state index in [2.05, 4.69) is 20.3 Å². The van der Waals surface area contributed by atoms with E-state index in [-0.39, 0.29) is 11.5 Å². The number of benzene rings is 1. The molecule has 0 radical (unpaired) electrons. The van der Waals surface area contributed by atoms with Gasteiger partial charge in [0.15, 0.2) is 0 Å². The van der Waals surface area contributed by atoms with Crippen LogP contribution in [0.15, 0.2) is 30.6 Å². The van der Waals surface area contributed by atoms with E-state index in [1.54, 1.807) is 6.07 Å². The van der Waals surface area contributed by atoms with E-state index >= 15 is 0 Å². The van der Waals surface area contributed by atoms with Gasteiger partial charge in [0.1, 0.15) is 0 Å². The number of nitrogens with one attached hydrogen (secondary N) is 1. The van der Waals surface area contributed by atoms with Gasteiger partial charge in [-0.2, -0.15) is 0 Å². The van der Waals surface area contributed by atoms with Crippen molar-refractivity contribution in [2.24, 2.45) is 0 Å². The Morgan fingerprint density at radius 1 is 1.23 bits per heavy atom. The van der Waals surface area contributed by atoms with E-state index in [4.69, 9.17) is 0 Å². The number of hydrogen-bond acceptors (Lipinski definition) is 4. The molecule has 114 valence electrons. The van der Waals surface area contributed by atoms with Crippen LogP contribution in [0.25, 0.3) is 16.9 Å². The van der Waals surface area contributed by atoms with E-state index < -0.39 is 12.0 Å². The molecular formula is C13H11AsF3N5. The first-order valence-electron chi connectivity index (χ1n) is 6.26. The van der Waals surface area contributed by atoms with Crippen LogP contribution in [-0.2, 0) is 6.18 Å². The molecule has 0 spiro atoms. The molecule has 2 heterocycles. The zero-order valence-corrected chi connectivity index (χ0v) is 13.8. The predicted octanol–water partition coefficient (Wildman–Crippen LogP) is 1.13. The number of fused-ring (bicyclic) bond motifs is 1. The molecule has 1 N–H and O–H groups in total. The van der Waals surface area contributed by atoms with Gasteiger partial charge < -0.3 is 0 Å². The Bertz CT molecular complexity index is 843. The summed E-state index contributed by atoms with van der Waals surface area (Å²) in [5.74, 6) is -1.14. The van der Waals surface area contributed by atoms with Crippen LogP contribution in [-0.4, -0.2) is 43.4 Å². The van der Waals surface area contributed by atoms with Crippen molar-refractivity contribution in [2.75, 3.05) is 12.4 Å². The topological polar surface area (TPSA) is 55.6 Å². The number of hydrogen-bond donors (Lipinski definition) is 1. The van der Waals surface area contributed by atoms with Crippen LogP contribution < -0.4 is 9.67 Å². The second-order valence-corrected chi connectivity index (χ2v) is 5.92. The molecule has 0 aliphatic heterocycles. The molecular weight excluding hydrogens is 358 g/mol. The third-order valence-electron chi connectivity index (χ3n) is 3.03. The van der Waals surface area contributed by atoms with Crippen LogP contribution in [0.4, 0.5) is 19.0 Å². The van der Waals surface area contributed by atoms with Crippen molar-refractivity contribution in [2.45, 2.75) is 6.18 Å². The second kappa shape index (κ2) is 5.28. The Labute approximate surface area is 132 Å². The van der Waals surface area contributed by atoms with Crippen LogP contribution in [0.5, 0.6) is 0 Å². The summed E-state index contributed by atoms with van der Waals surface area (Å²) in [5.41, 5.74) is 1.12. The molecule has 3 aromatic rings. The number of nitrogens with zero attached hydrogens (tertiary/aromatic N) is 4. The molecule has 1 atom stereocenters. The van der Waals surface area contributed by atoms with Gasteiger partial charge in [-0.25, -0.2) is 0 Å². The third kappa shape index (κ3) is 2.54. The van der Waals surface area contributed by atoms with Gasteiger partial charge in [0.05, 0.1) is 0 Å². The number of rotatable bonds is 2. The fourth-order valence-corrected chi connectivity index (χ4v) is 2.66. The maximum absolute atomic E-state index is 13.0. The molecule has 0 fully saturated rings. The van der Waals surface area contributed by atoms with E-state index in [1.165, 1.54) is 34.8 Å². The number of aromatic nitrogens is 4. The summed E-state index contributed by atoms with van der Waals surface area (Å²) in [6, 6.07) is 7.43. The van der Waals surface area contributed by atoms with Gasteiger partial charge in [0.2, 0.25) is 0 Å². The molecule has 2 aromatic heterocycles. The molecule has 0 aliphatic carbocycles. The number of halogens is 3. The summed E-state index contributed by atoms with van der Waals surface area (Å²) in [4.78, 5) is 11.3. The number of alkyl halides is 3. The Morgan fingerprint density at radius 3 is 2.64 bits per heavy atom. The first kappa shape index (κ1) is 14.8. The van der Waals surface area contributed by atoms with Gasteiger partial charge in [0.25, 0.3) is 0 Å². The van der Waals surface area contributed by atoms with Crippen molar-refractivity contribution in [1.29, 1.82) is 0 Å². The first-order valence-corrected chi connectivity index (χ1v) is 7.47. The van der Waals surface area contributed by atoms with Gasteiger partial charge in [-0.1, -0.05) is 0 Å². The van der Waals surface area contributed by atoms with Crippen LogP contribution in [0.1, 0.15) is 5.82 Å². The monoisotopic (exact) mass is 369 g/mol. The number of imidazole rings is 1. The summed E-state index contributed by atoms with van der Waals surface area (Å²) in [5, 5.41) is 2.63. The summed E-state index contributed by atoms with van der Waals surface area (Å²) < 4.78 is 41.4.